The molecular weight excluding hydrogens is 572 g/mol. The van der Waals surface area contributed by atoms with Gasteiger partial charge in [0.15, 0.2) is 16.3 Å². The van der Waals surface area contributed by atoms with Crippen LogP contribution < -0.4 is 24.4 Å². The second-order valence-corrected chi connectivity index (χ2v) is 11.0. The van der Waals surface area contributed by atoms with Gasteiger partial charge in [-0.2, -0.15) is 0 Å². The molecule has 0 saturated carbocycles. The third-order valence-electron chi connectivity index (χ3n) is 7.21. The third kappa shape index (κ3) is 5.85. The molecule has 0 N–H and O–H groups in total. The highest BCUT2D eigenvalue weighted by atomic mass is 32.1. The molecule has 0 bridgehead atoms. The summed E-state index contributed by atoms with van der Waals surface area (Å²) in [6.07, 6.45) is 1.81. The van der Waals surface area contributed by atoms with Gasteiger partial charge in [-0.3, -0.25) is 9.36 Å². The van der Waals surface area contributed by atoms with Gasteiger partial charge >= 0.3 is 5.97 Å². The molecule has 2 heterocycles. The molecule has 4 aromatic carbocycles. The van der Waals surface area contributed by atoms with E-state index in [0.29, 0.717) is 38.7 Å². The molecule has 0 saturated heterocycles. The first-order valence-electron chi connectivity index (χ1n) is 14.3. The number of benzene rings is 4. The number of hydrogen-bond acceptors (Lipinski definition) is 7. The van der Waals surface area contributed by atoms with Crippen LogP contribution in [0, 0.1) is 0 Å². The molecule has 0 radical (unpaired) electrons. The topological polar surface area (TPSA) is 79.1 Å². The lowest BCUT2D eigenvalue weighted by molar-refractivity contribution is -0.138. The third-order valence-corrected chi connectivity index (χ3v) is 8.19. The zero-order valence-corrected chi connectivity index (χ0v) is 25.1. The monoisotopic (exact) mass is 602 g/mol. The van der Waals surface area contributed by atoms with Crippen molar-refractivity contribution < 1.29 is 19.0 Å². The Labute approximate surface area is 258 Å². The fourth-order valence-electron chi connectivity index (χ4n) is 5.17. The summed E-state index contributed by atoms with van der Waals surface area (Å²) >= 11 is 1.28. The standard InChI is InChI=1S/C36H30N2O5S/c1-3-42-35(40)31-32(26-15-9-5-10-16-26)37-36-38(33(31)27-17-11-6-12-18-27)34(39)30(44-36)22-25-19-20-28(29(21-25)41-2)43-23-24-13-7-4-8-14-24/h4-22,33H,3,23H2,1-2H3/b30-22-. The maximum absolute atomic E-state index is 14.1. The summed E-state index contributed by atoms with van der Waals surface area (Å²) in [4.78, 5) is 33.0. The van der Waals surface area contributed by atoms with Crippen molar-refractivity contribution in [1.29, 1.82) is 0 Å². The smallest absolute Gasteiger partial charge is 0.338 e. The molecule has 1 aliphatic heterocycles. The Bertz CT molecular complexity index is 2000. The zero-order valence-electron chi connectivity index (χ0n) is 24.3. The van der Waals surface area contributed by atoms with E-state index in [-0.39, 0.29) is 12.2 Å². The molecule has 44 heavy (non-hydrogen) atoms. The lowest BCUT2D eigenvalue weighted by Crippen LogP contribution is -2.39. The summed E-state index contributed by atoms with van der Waals surface area (Å²) < 4.78 is 19.2. The van der Waals surface area contributed by atoms with Gasteiger partial charge in [-0.15, -0.1) is 0 Å². The first-order valence-corrected chi connectivity index (χ1v) is 15.1. The lowest BCUT2D eigenvalue weighted by atomic mass is 9.93. The first-order chi connectivity index (χ1) is 21.6. The van der Waals surface area contributed by atoms with Gasteiger partial charge in [-0.25, -0.2) is 9.79 Å². The second-order valence-electron chi connectivity index (χ2n) is 10.0. The fourth-order valence-corrected chi connectivity index (χ4v) is 6.17. The van der Waals surface area contributed by atoms with E-state index >= 15 is 0 Å². The van der Waals surface area contributed by atoms with Crippen molar-refractivity contribution in [1.82, 2.24) is 4.57 Å². The Hall–Kier alpha value is -5.21. The highest BCUT2D eigenvalue weighted by Gasteiger charge is 2.35. The lowest BCUT2D eigenvalue weighted by Gasteiger charge is -2.25. The molecule has 7 nitrogen and oxygen atoms in total. The van der Waals surface area contributed by atoms with Crippen LogP contribution in [-0.2, 0) is 16.1 Å². The van der Waals surface area contributed by atoms with E-state index in [1.165, 1.54) is 11.3 Å². The van der Waals surface area contributed by atoms with Crippen LogP contribution in [0.1, 0.15) is 35.2 Å². The second kappa shape index (κ2) is 13.0. The summed E-state index contributed by atoms with van der Waals surface area (Å²) in [6.45, 7) is 2.37. The molecular formula is C36H30N2O5S. The van der Waals surface area contributed by atoms with Gasteiger partial charge in [0.05, 0.1) is 35.6 Å². The molecule has 1 unspecified atom stereocenters. The Kier molecular flexibility index (Phi) is 8.52. The first kappa shape index (κ1) is 28.9. The number of rotatable bonds is 9. The van der Waals surface area contributed by atoms with Crippen LogP contribution in [0.15, 0.2) is 125 Å². The predicted octanol–water partition coefficient (Wildman–Crippen LogP) is 5.52. The van der Waals surface area contributed by atoms with E-state index in [4.69, 9.17) is 19.2 Å². The summed E-state index contributed by atoms with van der Waals surface area (Å²) in [5.41, 5.74) is 3.93. The molecule has 1 aromatic heterocycles. The van der Waals surface area contributed by atoms with Gasteiger partial charge in [-0.05, 0) is 41.8 Å². The van der Waals surface area contributed by atoms with Crippen molar-refractivity contribution in [2.75, 3.05) is 13.7 Å². The molecule has 8 heteroatoms. The van der Waals surface area contributed by atoms with E-state index in [9.17, 15) is 9.59 Å². The SMILES string of the molecule is CCOC(=O)C1=C(c2ccccc2)N=c2s/c(=C\c3ccc(OCc4ccccc4)c(OC)c3)c(=O)n2C1c1ccccc1. The van der Waals surface area contributed by atoms with Crippen molar-refractivity contribution in [2.24, 2.45) is 4.99 Å². The maximum Gasteiger partial charge on any atom is 0.338 e. The van der Waals surface area contributed by atoms with E-state index in [0.717, 1.165) is 22.3 Å². The van der Waals surface area contributed by atoms with Crippen LogP contribution in [0.5, 0.6) is 11.5 Å². The minimum Gasteiger partial charge on any atom is -0.493 e. The van der Waals surface area contributed by atoms with Gasteiger partial charge in [0.2, 0.25) is 0 Å². The van der Waals surface area contributed by atoms with Crippen molar-refractivity contribution in [3.63, 3.8) is 0 Å². The largest absolute Gasteiger partial charge is 0.493 e. The average Bonchev–Trinajstić information content (AvgIpc) is 3.38. The molecule has 5 aromatic rings. The average molecular weight is 603 g/mol. The molecule has 0 fully saturated rings. The minimum atomic E-state index is -0.716. The van der Waals surface area contributed by atoms with Crippen molar-refractivity contribution in [3.8, 4) is 11.5 Å². The number of fused-ring (bicyclic) bond motifs is 1. The number of ether oxygens (including phenoxy) is 3. The van der Waals surface area contributed by atoms with E-state index < -0.39 is 12.0 Å². The Morgan fingerprint density at radius 2 is 1.59 bits per heavy atom. The van der Waals surface area contributed by atoms with E-state index in [2.05, 4.69) is 0 Å². The summed E-state index contributed by atoms with van der Waals surface area (Å²) in [5.74, 6) is 0.653. The van der Waals surface area contributed by atoms with Gasteiger partial charge in [0.1, 0.15) is 6.61 Å². The number of carbonyl (C=O) groups excluding carboxylic acids is 1. The number of methoxy groups -OCH3 is 1. The summed E-state index contributed by atoms with van der Waals surface area (Å²) in [7, 11) is 1.59. The van der Waals surface area contributed by atoms with Crippen LogP contribution in [0.2, 0.25) is 0 Å². The number of thiazole rings is 1. The van der Waals surface area contributed by atoms with Gasteiger partial charge < -0.3 is 14.2 Å². The fraction of sp³-hybridized carbons (Fsp3) is 0.139. The Balaban J connectivity index is 1.47. The van der Waals surface area contributed by atoms with Gasteiger partial charge in [0.25, 0.3) is 5.56 Å². The molecule has 0 aliphatic carbocycles. The summed E-state index contributed by atoms with van der Waals surface area (Å²) in [6, 6.07) is 33.8. The minimum absolute atomic E-state index is 0.198. The Morgan fingerprint density at radius 1 is 0.909 bits per heavy atom. The highest BCUT2D eigenvalue weighted by Crippen LogP contribution is 2.35. The highest BCUT2D eigenvalue weighted by molar-refractivity contribution is 7.07. The molecule has 0 spiro atoms. The summed E-state index contributed by atoms with van der Waals surface area (Å²) in [5, 5.41) is 0. The molecule has 1 atom stereocenters. The van der Waals surface area contributed by atoms with E-state index in [1.54, 1.807) is 18.6 Å². The molecule has 0 amide bonds. The van der Waals surface area contributed by atoms with Gasteiger partial charge in [-0.1, -0.05) is 108 Å². The van der Waals surface area contributed by atoms with Crippen molar-refractivity contribution in [3.05, 3.63) is 157 Å². The molecule has 6 rings (SSSR count). The van der Waals surface area contributed by atoms with Crippen LogP contribution in [0.25, 0.3) is 11.8 Å². The number of nitrogens with zero attached hydrogens (tertiary/aromatic N) is 2. The van der Waals surface area contributed by atoms with E-state index in [1.807, 2.05) is 115 Å². The molecule has 1 aliphatic rings. The number of carbonyl (C=O) groups is 1. The van der Waals surface area contributed by atoms with Crippen LogP contribution in [0.4, 0.5) is 0 Å². The van der Waals surface area contributed by atoms with Crippen LogP contribution >= 0.6 is 11.3 Å². The quantitative estimate of drug-likeness (QED) is 0.208. The zero-order chi connectivity index (χ0) is 30.5. The van der Waals surface area contributed by atoms with Crippen LogP contribution in [0.3, 0.4) is 0 Å². The Morgan fingerprint density at radius 3 is 2.27 bits per heavy atom. The number of hydrogen-bond donors (Lipinski definition) is 0. The number of aromatic nitrogens is 1. The normalized spacial score (nSPS) is 14.5. The predicted molar refractivity (Wildman–Crippen MR) is 171 cm³/mol. The van der Waals surface area contributed by atoms with Crippen LogP contribution in [-0.4, -0.2) is 24.3 Å². The maximum atomic E-state index is 14.1. The van der Waals surface area contributed by atoms with Gasteiger partial charge in [0, 0.05) is 5.56 Å². The number of esters is 1. The van der Waals surface area contributed by atoms with Crippen molar-refractivity contribution in [2.45, 2.75) is 19.6 Å². The van der Waals surface area contributed by atoms with Crippen molar-refractivity contribution >= 4 is 29.1 Å². The molecule has 220 valence electrons.